The zero-order valence-electron chi connectivity index (χ0n) is 12.2. The third-order valence-electron chi connectivity index (χ3n) is 3.75. The van der Waals surface area contributed by atoms with Crippen LogP contribution < -0.4 is 0 Å². The Morgan fingerprint density at radius 3 is 3.00 bits per heavy atom. The molecule has 0 amide bonds. The van der Waals surface area contributed by atoms with E-state index in [1.807, 2.05) is 6.07 Å². The Labute approximate surface area is 128 Å². The molecule has 3 rings (SSSR count). The normalized spacial score (nSPS) is 19.6. The monoisotopic (exact) mass is 324 g/mol. The molecule has 1 aromatic carbocycles. The molecule has 2 heterocycles. The molecule has 118 valence electrons. The molecule has 0 aliphatic carbocycles. The Bertz CT molecular complexity index is 773. The van der Waals surface area contributed by atoms with E-state index in [9.17, 15) is 12.8 Å². The maximum Gasteiger partial charge on any atom is 0.212 e. The molecule has 0 unspecified atom stereocenters. The van der Waals surface area contributed by atoms with E-state index in [2.05, 4.69) is 4.98 Å². The second-order valence-corrected chi connectivity index (χ2v) is 7.44. The van der Waals surface area contributed by atoms with Crippen molar-refractivity contribution in [2.45, 2.75) is 25.3 Å². The highest BCUT2D eigenvalue weighted by Gasteiger charge is 2.35. The van der Waals surface area contributed by atoms with Crippen molar-refractivity contribution in [1.82, 2.24) is 9.29 Å². The summed E-state index contributed by atoms with van der Waals surface area (Å²) >= 11 is 0. The van der Waals surface area contributed by atoms with Gasteiger partial charge in [-0.25, -0.2) is 17.8 Å². The summed E-state index contributed by atoms with van der Waals surface area (Å²) in [5.41, 5.74) is 0.786. The molecule has 0 bridgehead atoms. The van der Waals surface area contributed by atoms with Crippen molar-refractivity contribution in [3.63, 3.8) is 0 Å². The summed E-state index contributed by atoms with van der Waals surface area (Å²) in [5.74, 6) is 0.714. The van der Waals surface area contributed by atoms with E-state index in [0.29, 0.717) is 31.0 Å². The summed E-state index contributed by atoms with van der Waals surface area (Å²) in [6.45, 7) is 0.491. The Balaban J connectivity index is 1.79. The number of nitrogens with zero attached hydrogens (tertiary/aromatic N) is 2. The van der Waals surface area contributed by atoms with Crippen LogP contribution in [0.2, 0.25) is 0 Å². The smallest absolute Gasteiger partial charge is 0.212 e. The Hall–Kier alpha value is -1.73. The number of sulfonamides is 1. The van der Waals surface area contributed by atoms with E-state index in [0.717, 1.165) is 12.0 Å². The maximum absolute atomic E-state index is 13.2. The highest BCUT2D eigenvalue weighted by atomic mass is 32.2. The number of benzene rings is 1. The van der Waals surface area contributed by atoms with E-state index >= 15 is 0 Å². The number of rotatable bonds is 4. The predicted molar refractivity (Wildman–Crippen MR) is 79.2 cm³/mol. The molecule has 22 heavy (non-hydrogen) atoms. The molecule has 0 radical (unpaired) electrons. The van der Waals surface area contributed by atoms with Crippen molar-refractivity contribution < 1.29 is 17.2 Å². The van der Waals surface area contributed by atoms with Crippen molar-refractivity contribution >= 4 is 10.0 Å². The zero-order chi connectivity index (χ0) is 15.7. The first-order valence-electron chi connectivity index (χ1n) is 7.09. The minimum Gasteiger partial charge on any atom is -0.444 e. The molecule has 1 saturated heterocycles. The summed E-state index contributed by atoms with van der Waals surface area (Å²) in [6, 6.07) is 5.95. The van der Waals surface area contributed by atoms with Gasteiger partial charge in [0.15, 0.2) is 0 Å². The highest BCUT2D eigenvalue weighted by Crippen LogP contribution is 2.33. The fourth-order valence-electron chi connectivity index (χ4n) is 2.79. The minimum atomic E-state index is -3.27. The van der Waals surface area contributed by atoms with E-state index in [-0.39, 0.29) is 11.9 Å². The van der Waals surface area contributed by atoms with Crippen molar-refractivity contribution in [3.05, 3.63) is 53.5 Å². The minimum absolute atomic E-state index is 0.295. The van der Waals surface area contributed by atoms with Gasteiger partial charge in [0.1, 0.15) is 17.6 Å². The third kappa shape index (κ3) is 3.20. The number of oxazole rings is 1. The Kier molecular flexibility index (Phi) is 4.01. The fourth-order valence-corrected chi connectivity index (χ4v) is 3.91. The summed E-state index contributed by atoms with van der Waals surface area (Å²) in [4.78, 5) is 4.21. The quantitative estimate of drug-likeness (QED) is 0.867. The second-order valence-electron chi connectivity index (χ2n) is 5.50. The largest absolute Gasteiger partial charge is 0.444 e. The lowest BCUT2D eigenvalue weighted by Crippen LogP contribution is -2.29. The Morgan fingerprint density at radius 1 is 1.45 bits per heavy atom. The van der Waals surface area contributed by atoms with Gasteiger partial charge in [-0.1, -0.05) is 12.1 Å². The molecule has 5 nitrogen and oxygen atoms in total. The van der Waals surface area contributed by atoms with Gasteiger partial charge in [-0.05, 0) is 30.5 Å². The molecular formula is C15H17FN2O3S. The van der Waals surface area contributed by atoms with Gasteiger partial charge in [-0.15, -0.1) is 0 Å². The van der Waals surface area contributed by atoms with Crippen LogP contribution in [-0.2, 0) is 16.4 Å². The number of hydrogen-bond acceptors (Lipinski definition) is 4. The summed E-state index contributed by atoms with van der Waals surface area (Å²) < 4.78 is 43.8. The predicted octanol–water partition coefficient (Wildman–Crippen LogP) is 2.50. The van der Waals surface area contributed by atoms with Gasteiger partial charge in [0.25, 0.3) is 0 Å². The van der Waals surface area contributed by atoms with Gasteiger partial charge in [-0.2, -0.15) is 4.31 Å². The molecule has 0 N–H and O–H groups in total. The highest BCUT2D eigenvalue weighted by molar-refractivity contribution is 7.88. The van der Waals surface area contributed by atoms with Crippen LogP contribution in [0.4, 0.5) is 4.39 Å². The Morgan fingerprint density at radius 2 is 2.27 bits per heavy atom. The van der Waals surface area contributed by atoms with E-state index in [1.54, 1.807) is 12.3 Å². The first kappa shape index (κ1) is 15.2. The molecule has 0 saturated carbocycles. The third-order valence-corrected chi connectivity index (χ3v) is 5.04. The molecular weight excluding hydrogens is 307 g/mol. The van der Waals surface area contributed by atoms with Crippen LogP contribution in [0.1, 0.15) is 36.1 Å². The van der Waals surface area contributed by atoms with Crippen LogP contribution in [0, 0.1) is 5.82 Å². The molecule has 1 aromatic heterocycles. The van der Waals surface area contributed by atoms with Gasteiger partial charge in [-0.3, -0.25) is 0 Å². The number of aromatic nitrogens is 1. The van der Waals surface area contributed by atoms with Crippen LogP contribution in [0.15, 0.2) is 34.9 Å². The molecule has 1 aliphatic rings. The van der Waals surface area contributed by atoms with Crippen LogP contribution >= 0.6 is 0 Å². The lowest BCUT2D eigenvalue weighted by Gasteiger charge is -2.19. The van der Waals surface area contributed by atoms with Gasteiger partial charge >= 0.3 is 0 Å². The van der Waals surface area contributed by atoms with Crippen LogP contribution in [0.5, 0.6) is 0 Å². The fraction of sp³-hybridized carbons (Fsp3) is 0.400. The van der Waals surface area contributed by atoms with Gasteiger partial charge in [0.05, 0.1) is 12.5 Å². The van der Waals surface area contributed by atoms with Crippen molar-refractivity contribution in [2.75, 3.05) is 12.8 Å². The van der Waals surface area contributed by atoms with Gasteiger partial charge < -0.3 is 4.42 Å². The number of halogens is 1. The first-order valence-corrected chi connectivity index (χ1v) is 8.94. The summed E-state index contributed by atoms with van der Waals surface area (Å²) in [6.07, 6.45) is 4.70. The average Bonchev–Trinajstić information content (AvgIpc) is 3.05. The van der Waals surface area contributed by atoms with Crippen molar-refractivity contribution in [3.8, 4) is 0 Å². The maximum atomic E-state index is 13.2. The molecule has 7 heteroatoms. The average molecular weight is 324 g/mol. The first-order chi connectivity index (χ1) is 10.4. The molecule has 0 spiro atoms. The van der Waals surface area contributed by atoms with Crippen molar-refractivity contribution in [1.29, 1.82) is 0 Å². The zero-order valence-corrected chi connectivity index (χ0v) is 13.0. The van der Waals surface area contributed by atoms with Crippen molar-refractivity contribution in [2.24, 2.45) is 0 Å². The lowest BCUT2D eigenvalue weighted by atomic mass is 10.1. The molecule has 1 fully saturated rings. The van der Waals surface area contributed by atoms with E-state index in [1.165, 1.54) is 22.7 Å². The van der Waals surface area contributed by atoms with Crippen LogP contribution in [0.3, 0.4) is 0 Å². The number of hydrogen-bond donors (Lipinski definition) is 0. The topological polar surface area (TPSA) is 63.4 Å². The van der Waals surface area contributed by atoms with Gasteiger partial charge in [0.2, 0.25) is 15.9 Å². The van der Waals surface area contributed by atoms with Gasteiger partial charge in [0, 0.05) is 13.0 Å². The standard InChI is InChI=1S/C15H17FN2O3S/c1-22(19,20)18-7-3-6-14(18)15-17-10-13(21-15)9-11-4-2-5-12(16)8-11/h2,4-5,8,10,14H,3,6-7,9H2,1H3/t14-/m1/s1. The van der Waals surface area contributed by atoms with Crippen LogP contribution in [0.25, 0.3) is 0 Å². The van der Waals surface area contributed by atoms with E-state index in [4.69, 9.17) is 4.42 Å². The SMILES string of the molecule is CS(=O)(=O)N1CCC[C@@H]1c1ncc(Cc2cccc(F)c2)o1. The lowest BCUT2D eigenvalue weighted by molar-refractivity contribution is 0.323. The van der Waals surface area contributed by atoms with Crippen LogP contribution in [-0.4, -0.2) is 30.5 Å². The van der Waals surface area contributed by atoms with E-state index < -0.39 is 10.0 Å². The molecule has 2 aromatic rings. The summed E-state index contributed by atoms with van der Waals surface area (Å²) in [7, 11) is -3.27. The molecule has 1 aliphatic heterocycles. The summed E-state index contributed by atoms with van der Waals surface area (Å²) in [5, 5.41) is 0. The second kappa shape index (κ2) is 5.81. The molecule has 1 atom stereocenters.